The normalized spacial score (nSPS) is 24.4. The third-order valence-electron chi connectivity index (χ3n) is 3.04. The number of benzene rings is 1. The lowest BCUT2D eigenvalue weighted by molar-refractivity contribution is 0.0604. The van der Waals surface area contributed by atoms with Crippen LogP contribution in [0.25, 0.3) is 0 Å². The number of anilines is 1. The van der Waals surface area contributed by atoms with E-state index in [0.29, 0.717) is 0 Å². The van der Waals surface area contributed by atoms with Crippen LogP contribution < -0.4 is 9.64 Å². The van der Waals surface area contributed by atoms with E-state index in [2.05, 4.69) is 0 Å². The van der Waals surface area contributed by atoms with Gasteiger partial charge in [0.05, 0.1) is 6.10 Å². The molecule has 1 aromatic rings. The number of nitrogens with zero attached hydrogens (tertiary/aromatic N) is 1. The van der Waals surface area contributed by atoms with Gasteiger partial charge in [-0.25, -0.2) is 0 Å². The largest absolute Gasteiger partial charge is 0.488 e. The highest BCUT2D eigenvalue weighted by molar-refractivity contribution is 5.49. The van der Waals surface area contributed by atoms with E-state index in [-0.39, 0.29) is 12.2 Å². The Morgan fingerprint density at radius 1 is 1.31 bits per heavy atom. The van der Waals surface area contributed by atoms with Gasteiger partial charge in [-0.05, 0) is 31.4 Å². The first-order valence-corrected chi connectivity index (χ1v) is 5.79. The van der Waals surface area contributed by atoms with Crippen molar-refractivity contribution in [2.45, 2.75) is 31.5 Å². The summed E-state index contributed by atoms with van der Waals surface area (Å²) in [5, 5.41) is 9.69. The lowest BCUT2D eigenvalue weighted by Gasteiger charge is -2.19. The summed E-state index contributed by atoms with van der Waals surface area (Å²) in [6.45, 7) is 0. The molecule has 3 nitrogen and oxygen atoms in total. The quantitative estimate of drug-likeness (QED) is 0.848. The molecule has 16 heavy (non-hydrogen) atoms. The molecule has 2 atom stereocenters. The Hall–Kier alpha value is -1.22. The summed E-state index contributed by atoms with van der Waals surface area (Å²) in [7, 11) is 4.01. The van der Waals surface area contributed by atoms with Crippen LogP contribution in [0.2, 0.25) is 0 Å². The van der Waals surface area contributed by atoms with Crippen LogP contribution in [-0.2, 0) is 0 Å². The maximum atomic E-state index is 9.69. The van der Waals surface area contributed by atoms with E-state index >= 15 is 0 Å². The van der Waals surface area contributed by atoms with Crippen molar-refractivity contribution in [3.63, 3.8) is 0 Å². The zero-order valence-electron chi connectivity index (χ0n) is 9.89. The van der Waals surface area contributed by atoms with Crippen molar-refractivity contribution >= 4 is 5.69 Å². The second-order valence-corrected chi connectivity index (χ2v) is 4.55. The third-order valence-corrected chi connectivity index (χ3v) is 3.04. The molecule has 0 radical (unpaired) electrons. The van der Waals surface area contributed by atoms with Gasteiger partial charge in [-0.15, -0.1) is 0 Å². The van der Waals surface area contributed by atoms with Gasteiger partial charge in [0, 0.05) is 25.8 Å². The zero-order valence-corrected chi connectivity index (χ0v) is 9.89. The fraction of sp³-hybridized carbons (Fsp3) is 0.538. The minimum Gasteiger partial charge on any atom is -0.488 e. The molecule has 1 aliphatic carbocycles. The Balaban J connectivity index is 2.06. The lowest BCUT2D eigenvalue weighted by Crippen LogP contribution is -2.25. The standard InChI is InChI=1S/C13H19NO2/c1-14(2)10-5-3-6-11(9-10)16-13-8-4-7-12(13)15/h3,5-6,9,12-13,15H,4,7-8H2,1-2H3/t12-,13-/m1/s1. The van der Waals surface area contributed by atoms with Gasteiger partial charge in [0.15, 0.2) is 0 Å². The molecule has 1 N–H and O–H groups in total. The number of hydrogen-bond acceptors (Lipinski definition) is 3. The van der Waals surface area contributed by atoms with Crippen molar-refractivity contribution in [3.05, 3.63) is 24.3 Å². The average molecular weight is 221 g/mol. The maximum Gasteiger partial charge on any atom is 0.124 e. The molecule has 2 rings (SSSR count). The van der Waals surface area contributed by atoms with Crippen LogP contribution in [-0.4, -0.2) is 31.4 Å². The molecule has 0 bridgehead atoms. The maximum absolute atomic E-state index is 9.69. The molecule has 0 amide bonds. The zero-order chi connectivity index (χ0) is 11.5. The molecule has 0 spiro atoms. The van der Waals surface area contributed by atoms with Crippen LogP contribution in [0.4, 0.5) is 5.69 Å². The summed E-state index contributed by atoms with van der Waals surface area (Å²) in [6.07, 6.45) is 2.53. The molecule has 0 unspecified atom stereocenters. The first-order valence-electron chi connectivity index (χ1n) is 5.79. The van der Waals surface area contributed by atoms with Crippen molar-refractivity contribution in [2.75, 3.05) is 19.0 Å². The monoisotopic (exact) mass is 221 g/mol. The van der Waals surface area contributed by atoms with Crippen molar-refractivity contribution in [1.82, 2.24) is 0 Å². The Morgan fingerprint density at radius 3 is 2.75 bits per heavy atom. The van der Waals surface area contributed by atoms with Gasteiger partial charge in [0.1, 0.15) is 11.9 Å². The summed E-state index contributed by atoms with van der Waals surface area (Å²) in [4.78, 5) is 2.04. The van der Waals surface area contributed by atoms with Gasteiger partial charge < -0.3 is 14.7 Å². The Kier molecular flexibility index (Phi) is 3.34. The molecule has 0 aliphatic heterocycles. The molecule has 0 saturated heterocycles. The Morgan fingerprint density at radius 2 is 2.12 bits per heavy atom. The van der Waals surface area contributed by atoms with Gasteiger partial charge in [-0.3, -0.25) is 0 Å². The van der Waals surface area contributed by atoms with Crippen molar-refractivity contribution in [1.29, 1.82) is 0 Å². The van der Waals surface area contributed by atoms with E-state index in [1.54, 1.807) is 0 Å². The van der Waals surface area contributed by atoms with Crippen molar-refractivity contribution in [2.24, 2.45) is 0 Å². The molecule has 0 aromatic heterocycles. The minimum absolute atomic E-state index is 0.0302. The van der Waals surface area contributed by atoms with Crippen LogP contribution in [0.5, 0.6) is 5.75 Å². The van der Waals surface area contributed by atoms with E-state index in [4.69, 9.17) is 4.74 Å². The molecular formula is C13H19NO2. The number of rotatable bonds is 3. The predicted molar refractivity (Wildman–Crippen MR) is 65.0 cm³/mol. The van der Waals surface area contributed by atoms with E-state index < -0.39 is 0 Å². The Labute approximate surface area is 96.6 Å². The first-order chi connectivity index (χ1) is 7.66. The molecule has 1 saturated carbocycles. The number of hydrogen-bond donors (Lipinski definition) is 1. The summed E-state index contributed by atoms with van der Waals surface area (Å²) in [5.74, 6) is 0.845. The number of aliphatic hydroxyl groups excluding tert-OH is 1. The van der Waals surface area contributed by atoms with E-state index in [1.165, 1.54) is 0 Å². The summed E-state index contributed by atoms with van der Waals surface area (Å²) >= 11 is 0. The summed E-state index contributed by atoms with van der Waals surface area (Å²) < 4.78 is 5.80. The van der Waals surface area contributed by atoms with Gasteiger partial charge >= 0.3 is 0 Å². The van der Waals surface area contributed by atoms with Crippen molar-refractivity contribution < 1.29 is 9.84 Å². The fourth-order valence-electron chi connectivity index (χ4n) is 2.05. The second-order valence-electron chi connectivity index (χ2n) is 4.55. The van der Waals surface area contributed by atoms with Crippen molar-refractivity contribution in [3.8, 4) is 5.75 Å². The third kappa shape index (κ3) is 2.47. The van der Waals surface area contributed by atoms with E-state index in [0.717, 1.165) is 30.7 Å². The highest BCUT2D eigenvalue weighted by Crippen LogP contribution is 2.26. The van der Waals surface area contributed by atoms with Gasteiger partial charge in [-0.1, -0.05) is 6.07 Å². The van der Waals surface area contributed by atoms with E-state index in [1.807, 2.05) is 43.3 Å². The first kappa shape index (κ1) is 11.3. The predicted octanol–water partition coefficient (Wildman–Crippen LogP) is 2.04. The summed E-state index contributed by atoms with van der Waals surface area (Å²) in [6, 6.07) is 7.97. The van der Waals surface area contributed by atoms with E-state index in [9.17, 15) is 5.11 Å². The van der Waals surface area contributed by atoms with Crippen LogP contribution in [0.1, 0.15) is 19.3 Å². The van der Waals surface area contributed by atoms with Crippen LogP contribution in [0.3, 0.4) is 0 Å². The van der Waals surface area contributed by atoms with Gasteiger partial charge in [-0.2, -0.15) is 0 Å². The number of aliphatic hydroxyl groups is 1. The molecule has 88 valence electrons. The molecule has 0 heterocycles. The highest BCUT2D eigenvalue weighted by Gasteiger charge is 2.26. The Bertz CT molecular complexity index is 352. The second kappa shape index (κ2) is 4.74. The number of ether oxygens (including phenoxy) is 1. The molecule has 1 aromatic carbocycles. The average Bonchev–Trinajstić information content (AvgIpc) is 2.65. The smallest absolute Gasteiger partial charge is 0.124 e. The van der Waals surface area contributed by atoms with Gasteiger partial charge in [0.25, 0.3) is 0 Å². The fourth-order valence-corrected chi connectivity index (χ4v) is 2.05. The lowest BCUT2D eigenvalue weighted by atomic mass is 10.2. The summed E-state index contributed by atoms with van der Waals surface area (Å²) in [5.41, 5.74) is 1.12. The van der Waals surface area contributed by atoms with Gasteiger partial charge in [0.2, 0.25) is 0 Å². The minimum atomic E-state index is -0.303. The molecule has 1 fully saturated rings. The SMILES string of the molecule is CN(C)c1cccc(O[C@@H]2CCC[C@H]2O)c1. The van der Waals surface area contributed by atoms with Crippen LogP contribution >= 0.6 is 0 Å². The van der Waals surface area contributed by atoms with Crippen LogP contribution in [0, 0.1) is 0 Å². The van der Waals surface area contributed by atoms with Crippen LogP contribution in [0.15, 0.2) is 24.3 Å². The highest BCUT2D eigenvalue weighted by atomic mass is 16.5. The molecule has 3 heteroatoms. The molecule has 1 aliphatic rings. The topological polar surface area (TPSA) is 32.7 Å². The molecular weight excluding hydrogens is 202 g/mol.